The molecule has 32 heavy (non-hydrogen) atoms. The van der Waals surface area contributed by atoms with Crippen LogP contribution in [0.2, 0.25) is 10.0 Å². The summed E-state index contributed by atoms with van der Waals surface area (Å²) >= 11 is 12.0. The third-order valence-electron chi connectivity index (χ3n) is 5.56. The van der Waals surface area contributed by atoms with Crippen LogP contribution in [-0.4, -0.2) is 56.7 Å². The van der Waals surface area contributed by atoms with Gasteiger partial charge < -0.3 is 9.80 Å². The lowest BCUT2D eigenvalue weighted by Crippen LogP contribution is -2.44. The van der Waals surface area contributed by atoms with Crippen molar-refractivity contribution in [2.75, 3.05) is 13.1 Å². The molecule has 0 bridgehead atoms. The summed E-state index contributed by atoms with van der Waals surface area (Å²) in [6.07, 6.45) is -4.18. The Morgan fingerprint density at radius 1 is 1.22 bits per heavy atom. The SMILES string of the molecule is C=C1CN(CC(F)(F)F)C(=O)c2c3c(nn2C1)C[C@@H](C)N(C(=O)c1ccc(Cl)c(Cl)c1)C3. The molecule has 0 radical (unpaired) electrons. The Labute approximate surface area is 192 Å². The number of aromatic nitrogens is 2. The van der Waals surface area contributed by atoms with E-state index in [0.717, 1.165) is 4.90 Å². The average molecular weight is 487 g/mol. The minimum absolute atomic E-state index is 0.0446. The number of hydrogen-bond acceptors (Lipinski definition) is 3. The Bertz CT molecular complexity index is 1130. The number of rotatable bonds is 2. The summed E-state index contributed by atoms with van der Waals surface area (Å²) in [4.78, 5) is 28.5. The molecule has 1 aromatic heterocycles. The molecule has 2 aromatic rings. The fourth-order valence-electron chi connectivity index (χ4n) is 4.11. The van der Waals surface area contributed by atoms with Gasteiger partial charge in [-0.2, -0.15) is 18.3 Å². The van der Waals surface area contributed by atoms with Crippen LogP contribution >= 0.6 is 23.2 Å². The zero-order valence-electron chi connectivity index (χ0n) is 17.0. The minimum atomic E-state index is -4.55. The third-order valence-corrected chi connectivity index (χ3v) is 6.30. The van der Waals surface area contributed by atoms with Crippen LogP contribution in [0.4, 0.5) is 13.2 Å². The van der Waals surface area contributed by atoms with E-state index >= 15 is 0 Å². The van der Waals surface area contributed by atoms with E-state index in [-0.39, 0.29) is 42.3 Å². The number of halogens is 5. The maximum atomic E-state index is 13.2. The molecule has 2 amide bonds. The van der Waals surface area contributed by atoms with Crippen molar-refractivity contribution in [3.63, 3.8) is 0 Å². The van der Waals surface area contributed by atoms with E-state index < -0.39 is 18.6 Å². The molecule has 4 rings (SSSR count). The number of amides is 2. The molecule has 0 saturated carbocycles. The van der Waals surface area contributed by atoms with Crippen LogP contribution in [0.15, 0.2) is 30.4 Å². The van der Waals surface area contributed by atoms with E-state index in [1.54, 1.807) is 11.0 Å². The average Bonchev–Trinajstić information content (AvgIpc) is 2.97. The molecular formula is C21H19Cl2F3N4O2. The lowest BCUT2D eigenvalue weighted by molar-refractivity contribution is -0.139. The number of alkyl halides is 3. The van der Waals surface area contributed by atoms with Crippen molar-refractivity contribution in [3.8, 4) is 0 Å². The molecule has 0 aliphatic carbocycles. The van der Waals surface area contributed by atoms with Crippen LogP contribution in [0, 0.1) is 0 Å². The molecule has 6 nitrogen and oxygen atoms in total. The molecule has 0 spiro atoms. The lowest BCUT2D eigenvalue weighted by Gasteiger charge is -2.33. The summed E-state index contributed by atoms with van der Waals surface area (Å²) in [6, 6.07) is 4.30. The molecule has 0 unspecified atom stereocenters. The monoisotopic (exact) mass is 486 g/mol. The zero-order chi connectivity index (χ0) is 23.4. The lowest BCUT2D eigenvalue weighted by atomic mass is 9.98. The van der Waals surface area contributed by atoms with Crippen molar-refractivity contribution < 1.29 is 22.8 Å². The molecule has 0 saturated heterocycles. The summed E-state index contributed by atoms with van der Waals surface area (Å²) in [6.45, 7) is 4.23. The molecule has 11 heteroatoms. The second kappa shape index (κ2) is 8.12. The zero-order valence-corrected chi connectivity index (χ0v) is 18.6. The first-order valence-electron chi connectivity index (χ1n) is 9.82. The third kappa shape index (κ3) is 4.23. The fraction of sp³-hybridized carbons (Fsp3) is 0.381. The Morgan fingerprint density at radius 2 is 1.94 bits per heavy atom. The number of hydrogen-bond donors (Lipinski definition) is 0. The van der Waals surface area contributed by atoms with Crippen molar-refractivity contribution >= 4 is 35.0 Å². The number of benzene rings is 1. The van der Waals surface area contributed by atoms with Crippen molar-refractivity contribution in [2.24, 2.45) is 0 Å². The molecule has 0 N–H and O–H groups in total. The molecule has 1 atom stereocenters. The highest BCUT2D eigenvalue weighted by Crippen LogP contribution is 2.32. The number of carbonyl (C=O) groups excluding carboxylic acids is 2. The van der Waals surface area contributed by atoms with E-state index in [9.17, 15) is 22.8 Å². The van der Waals surface area contributed by atoms with Gasteiger partial charge in [0.25, 0.3) is 11.8 Å². The second-order valence-electron chi connectivity index (χ2n) is 8.07. The Kier molecular flexibility index (Phi) is 5.75. The summed E-state index contributed by atoms with van der Waals surface area (Å²) in [7, 11) is 0. The molecule has 2 aliphatic heterocycles. The second-order valence-corrected chi connectivity index (χ2v) is 8.89. The van der Waals surface area contributed by atoms with Crippen LogP contribution in [0.5, 0.6) is 0 Å². The maximum absolute atomic E-state index is 13.2. The van der Waals surface area contributed by atoms with Crippen molar-refractivity contribution in [2.45, 2.75) is 38.7 Å². The van der Waals surface area contributed by atoms with Gasteiger partial charge in [-0.15, -0.1) is 0 Å². The standard InChI is InChI=1S/C21H19Cl2F3N4O2/c1-11-7-28(10-21(24,25)26)20(32)18-14-9-29(12(2)5-17(14)27-30(18)8-11)19(31)13-3-4-15(22)16(23)6-13/h3-4,6,12H,1,5,7-10H2,2H3/t12-/m1/s1. The van der Waals surface area contributed by atoms with Gasteiger partial charge in [-0.1, -0.05) is 29.8 Å². The van der Waals surface area contributed by atoms with Gasteiger partial charge in [0.05, 0.1) is 28.8 Å². The Balaban J connectivity index is 1.70. The van der Waals surface area contributed by atoms with Gasteiger partial charge in [-0.25, -0.2) is 0 Å². The molecular weight excluding hydrogens is 468 g/mol. The van der Waals surface area contributed by atoms with Gasteiger partial charge in [0, 0.05) is 30.1 Å². The van der Waals surface area contributed by atoms with Crippen molar-refractivity contribution in [1.82, 2.24) is 19.6 Å². The highest BCUT2D eigenvalue weighted by Gasteiger charge is 2.40. The predicted octanol–water partition coefficient (Wildman–Crippen LogP) is 4.35. The molecule has 1 aromatic carbocycles. The normalized spacial score (nSPS) is 19.0. The van der Waals surface area contributed by atoms with E-state index in [4.69, 9.17) is 23.2 Å². The summed E-state index contributed by atoms with van der Waals surface area (Å²) in [5.74, 6) is -1.09. The minimum Gasteiger partial charge on any atom is -0.331 e. The molecule has 3 heterocycles. The smallest absolute Gasteiger partial charge is 0.331 e. The van der Waals surface area contributed by atoms with Crippen LogP contribution < -0.4 is 0 Å². The van der Waals surface area contributed by atoms with Gasteiger partial charge in [-0.3, -0.25) is 14.3 Å². The largest absolute Gasteiger partial charge is 0.406 e. The van der Waals surface area contributed by atoms with Gasteiger partial charge >= 0.3 is 6.18 Å². The summed E-state index contributed by atoms with van der Waals surface area (Å²) in [5.41, 5.74) is 1.90. The number of fused-ring (bicyclic) bond motifs is 3. The van der Waals surface area contributed by atoms with Crippen molar-refractivity contribution in [1.29, 1.82) is 0 Å². The maximum Gasteiger partial charge on any atom is 0.406 e. The highest BCUT2D eigenvalue weighted by molar-refractivity contribution is 6.42. The first-order valence-corrected chi connectivity index (χ1v) is 10.6. The van der Waals surface area contributed by atoms with Crippen LogP contribution in [0.25, 0.3) is 0 Å². The van der Waals surface area contributed by atoms with Crippen LogP contribution in [0.1, 0.15) is 39.0 Å². The van der Waals surface area contributed by atoms with E-state index in [0.29, 0.717) is 33.8 Å². The predicted molar refractivity (Wildman–Crippen MR) is 113 cm³/mol. The van der Waals surface area contributed by atoms with Gasteiger partial charge in [-0.05, 0) is 30.7 Å². The summed E-state index contributed by atoms with van der Waals surface area (Å²) < 4.78 is 40.6. The van der Waals surface area contributed by atoms with Gasteiger partial charge in [0.15, 0.2) is 0 Å². The molecule has 170 valence electrons. The Hall–Kier alpha value is -2.52. The van der Waals surface area contributed by atoms with Gasteiger partial charge in [0.2, 0.25) is 0 Å². The summed E-state index contributed by atoms with van der Waals surface area (Å²) in [5, 5.41) is 5.03. The number of nitrogens with zero attached hydrogens (tertiary/aromatic N) is 4. The fourth-order valence-corrected chi connectivity index (χ4v) is 4.41. The highest BCUT2D eigenvalue weighted by atomic mass is 35.5. The van der Waals surface area contributed by atoms with E-state index in [1.165, 1.54) is 16.8 Å². The van der Waals surface area contributed by atoms with Crippen LogP contribution in [-0.2, 0) is 19.5 Å². The van der Waals surface area contributed by atoms with E-state index in [1.807, 2.05) is 6.92 Å². The quantitative estimate of drug-likeness (QED) is 0.592. The number of carbonyl (C=O) groups is 2. The van der Waals surface area contributed by atoms with Crippen molar-refractivity contribution in [3.05, 3.63) is 62.9 Å². The van der Waals surface area contributed by atoms with Gasteiger partial charge in [0.1, 0.15) is 12.2 Å². The first-order chi connectivity index (χ1) is 14.9. The first kappa shape index (κ1) is 22.7. The molecule has 0 fully saturated rings. The molecule has 2 aliphatic rings. The van der Waals surface area contributed by atoms with Crippen LogP contribution in [0.3, 0.4) is 0 Å². The topological polar surface area (TPSA) is 58.4 Å². The Morgan fingerprint density at radius 3 is 2.59 bits per heavy atom. The van der Waals surface area contributed by atoms with E-state index in [2.05, 4.69) is 11.7 Å².